The molecule has 268 valence electrons. The molecule has 0 bridgehead atoms. The smallest absolute Gasteiger partial charge is 0.113 e. The molecule has 1 aromatic heterocycles. The quantitative estimate of drug-likeness (QED) is 0.160. The molecule has 1 saturated carbocycles. The first kappa shape index (κ1) is 32.9. The Labute approximate surface area is 326 Å². The van der Waals surface area contributed by atoms with E-state index in [0.29, 0.717) is 11.8 Å². The molecular weight excluding hydrogens is 679 g/mol. The molecule has 2 unspecified atom stereocenters. The number of nitrogens with zero attached hydrogens (tertiary/aromatic N) is 1. The summed E-state index contributed by atoms with van der Waals surface area (Å²) in [5, 5.41) is 5.69. The molecule has 8 aromatic rings. The van der Waals surface area contributed by atoms with Crippen LogP contribution in [0.5, 0.6) is 0 Å². The van der Waals surface area contributed by atoms with Gasteiger partial charge in [0.15, 0.2) is 0 Å². The number of hydrogen-bond donors (Lipinski definition) is 0. The lowest BCUT2D eigenvalue weighted by atomic mass is 9.56. The fourth-order valence-corrected chi connectivity index (χ4v) is 14.6. The normalized spacial score (nSPS) is 20.5. The molecule has 0 radical (unpaired) electrons. The molecule has 1 nitrogen and oxygen atoms in total. The minimum Gasteiger partial charge on any atom is -0.309 e. The second-order valence-corrected chi connectivity index (χ2v) is 21.8. The molecule has 7 aromatic carbocycles. The maximum atomic E-state index is 2.59. The van der Waals surface area contributed by atoms with Gasteiger partial charge in [0.05, 0.1) is 11.0 Å². The van der Waals surface area contributed by atoms with Gasteiger partial charge in [0, 0.05) is 21.9 Å². The van der Waals surface area contributed by atoms with E-state index >= 15 is 0 Å². The van der Waals surface area contributed by atoms with Gasteiger partial charge in [0.1, 0.15) is 8.07 Å². The number of rotatable bonds is 3. The standard InChI is InChI=1S/C53H47NSi/c1-33-18-23-41-42-24-19-39(31-48(42)53(47(41)28-33)34(2)12-11-13-35(53)3)38-21-26-50-45(30-38)44-29-37(36-14-7-6-8-15-36)20-25-49(44)54(50)40-22-27-52-46(32-40)43-16-9-10-17-51(43)55(52,4)5/h6-10,14-32,34-35H,11-13H2,1-5H3. The molecule has 1 aliphatic heterocycles. The first-order chi connectivity index (χ1) is 26.7. The fourth-order valence-electron chi connectivity index (χ4n) is 11.6. The zero-order valence-corrected chi connectivity index (χ0v) is 33.6. The summed E-state index contributed by atoms with van der Waals surface area (Å²) in [5.41, 5.74) is 19.1. The van der Waals surface area contributed by atoms with Gasteiger partial charge in [-0.2, -0.15) is 0 Å². The van der Waals surface area contributed by atoms with Crippen LogP contribution in [-0.4, -0.2) is 12.6 Å². The maximum absolute atomic E-state index is 2.59. The zero-order valence-electron chi connectivity index (χ0n) is 32.6. The van der Waals surface area contributed by atoms with Crippen LogP contribution in [0.3, 0.4) is 0 Å². The molecule has 11 rings (SSSR count). The van der Waals surface area contributed by atoms with Crippen molar-refractivity contribution in [1.82, 2.24) is 4.57 Å². The summed E-state index contributed by atoms with van der Waals surface area (Å²) in [6, 6.07) is 56.2. The molecule has 0 amide bonds. The SMILES string of the molecule is Cc1ccc2c(c1)C1(c3cc(-c4ccc5c(c4)c4cc(-c6ccccc6)ccc4n5-c4ccc5c(c4)-c4ccccc4[Si]5(C)C)ccc3-2)C(C)CCCC1C. The Morgan fingerprint density at radius 1 is 0.509 bits per heavy atom. The van der Waals surface area contributed by atoms with Crippen molar-refractivity contribution in [2.24, 2.45) is 11.8 Å². The van der Waals surface area contributed by atoms with Crippen LogP contribution in [0.2, 0.25) is 13.1 Å². The Morgan fingerprint density at radius 2 is 1.09 bits per heavy atom. The van der Waals surface area contributed by atoms with E-state index in [1.807, 2.05) is 0 Å². The second kappa shape index (κ2) is 11.8. The highest BCUT2D eigenvalue weighted by molar-refractivity contribution is 7.03. The first-order valence-corrected chi connectivity index (χ1v) is 23.4. The molecular formula is C53H47NSi. The zero-order chi connectivity index (χ0) is 37.2. The lowest BCUT2D eigenvalue weighted by molar-refractivity contribution is 0.172. The van der Waals surface area contributed by atoms with Crippen molar-refractivity contribution in [3.8, 4) is 50.2 Å². The molecule has 2 atom stereocenters. The van der Waals surface area contributed by atoms with Crippen LogP contribution in [-0.2, 0) is 5.41 Å². The lowest BCUT2D eigenvalue weighted by Gasteiger charge is -2.47. The number of benzene rings is 7. The molecule has 1 fully saturated rings. The van der Waals surface area contributed by atoms with Crippen LogP contribution < -0.4 is 10.4 Å². The number of hydrogen-bond acceptors (Lipinski definition) is 0. The van der Waals surface area contributed by atoms with Crippen LogP contribution >= 0.6 is 0 Å². The van der Waals surface area contributed by atoms with E-state index in [1.54, 1.807) is 21.5 Å². The Bertz CT molecular complexity index is 2860. The first-order valence-electron chi connectivity index (χ1n) is 20.4. The highest BCUT2D eigenvalue weighted by Gasteiger charge is 2.52. The summed E-state index contributed by atoms with van der Waals surface area (Å²) in [6.45, 7) is 12.3. The van der Waals surface area contributed by atoms with Gasteiger partial charge in [0.25, 0.3) is 0 Å². The van der Waals surface area contributed by atoms with Gasteiger partial charge < -0.3 is 4.57 Å². The second-order valence-electron chi connectivity index (χ2n) is 17.5. The fraction of sp³-hybridized carbons (Fsp3) is 0.208. The largest absolute Gasteiger partial charge is 0.309 e. The van der Waals surface area contributed by atoms with Gasteiger partial charge in [-0.05, 0) is 140 Å². The summed E-state index contributed by atoms with van der Waals surface area (Å²) in [7, 11) is -1.75. The van der Waals surface area contributed by atoms with E-state index in [4.69, 9.17) is 0 Å². The highest BCUT2D eigenvalue weighted by atomic mass is 28.3. The summed E-state index contributed by atoms with van der Waals surface area (Å²) >= 11 is 0. The van der Waals surface area contributed by atoms with Crippen molar-refractivity contribution in [1.29, 1.82) is 0 Å². The van der Waals surface area contributed by atoms with Gasteiger partial charge in [-0.1, -0.05) is 142 Å². The van der Waals surface area contributed by atoms with Crippen LogP contribution in [0.1, 0.15) is 49.8 Å². The van der Waals surface area contributed by atoms with E-state index < -0.39 is 8.07 Å². The van der Waals surface area contributed by atoms with Gasteiger partial charge in [-0.25, -0.2) is 0 Å². The molecule has 1 spiro atoms. The summed E-state index contributed by atoms with van der Waals surface area (Å²) in [5.74, 6) is 1.19. The Kier molecular flexibility index (Phi) is 7.05. The number of aromatic nitrogens is 1. The third-order valence-corrected chi connectivity index (χ3v) is 17.8. The lowest BCUT2D eigenvalue weighted by Crippen LogP contribution is -2.49. The van der Waals surface area contributed by atoms with Crippen molar-refractivity contribution in [3.05, 3.63) is 162 Å². The monoisotopic (exact) mass is 725 g/mol. The predicted octanol–water partition coefficient (Wildman–Crippen LogP) is 13.0. The Hall–Kier alpha value is -5.44. The van der Waals surface area contributed by atoms with Crippen LogP contribution in [0, 0.1) is 18.8 Å². The molecule has 55 heavy (non-hydrogen) atoms. The van der Waals surface area contributed by atoms with Crippen LogP contribution in [0.15, 0.2) is 146 Å². The van der Waals surface area contributed by atoms with Crippen LogP contribution in [0.25, 0.3) is 72.0 Å². The van der Waals surface area contributed by atoms with Gasteiger partial charge in [-0.3, -0.25) is 0 Å². The summed E-state index contributed by atoms with van der Waals surface area (Å²) < 4.78 is 2.51. The molecule has 3 aliphatic rings. The average molecular weight is 726 g/mol. The Balaban J connectivity index is 1.12. The summed E-state index contributed by atoms with van der Waals surface area (Å²) in [4.78, 5) is 0. The van der Waals surface area contributed by atoms with Crippen molar-refractivity contribution in [2.75, 3.05) is 0 Å². The van der Waals surface area contributed by atoms with Crippen LogP contribution in [0.4, 0.5) is 0 Å². The minimum absolute atomic E-state index is 0.0548. The minimum atomic E-state index is -1.75. The third kappa shape index (κ3) is 4.52. The predicted molar refractivity (Wildman–Crippen MR) is 237 cm³/mol. The molecule has 0 saturated heterocycles. The van der Waals surface area contributed by atoms with E-state index in [1.165, 1.54) is 96.8 Å². The molecule has 0 N–H and O–H groups in total. The van der Waals surface area contributed by atoms with E-state index in [2.05, 4.69) is 184 Å². The molecule has 2 heteroatoms. The van der Waals surface area contributed by atoms with Crippen molar-refractivity contribution in [2.45, 2.75) is 58.5 Å². The molecule has 2 aliphatic carbocycles. The highest BCUT2D eigenvalue weighted by Crippen LogP contribution is 2.61. The number of aryl methyl sites for hydroxylation is 1. The third-order valence-electron chi connectivity index (χ3n) is 14.2. The van der Waals surface area contributed by atoms with Gasteiger partial charge in [-0.15, -0.1) is 0 Å². The van der Waals surface area contributed by atoms with Crippen molar-refractivity contribution >= 4 is 40.3 Å². The van der Waals surface area contributed by atoms with Crippen molar-refractivity contribution < 1.29 is 0 Å². The van der Waals surface area contributed by atoms with E-state index in [9.17, 15) is 0 Å². The average Bonchev–Trinajstić information content (AvgIpc) is 3.77. The topological polar surface area (TPSA) is 4.93 Å². The number of fused-ring (bicyclic) bond motifs is 11. The van der Waals surface area contributed by atoms with Gasteiger partial charge >= 0.3 is 0 Å². The molecule has 2 heterocycles. The maximum Gasteiger partial charge on any atom is 0.113 e. The van der Waals surface area contributed by atoms with Crippen molar-refractivity contribution in [3.63, 3.8) is 0 Å². The summed E-state index contributed by atoms with van der Waals surface area (Å²) in [6.07, 6.45) is 3.89. The van der Waals surface area contributed by atoms with Gasteiger partial charge in [0.2, 0.25) is 0 Å². The van der Waals surface area contributed by atoms with E-state index in [-0.39, 0.29) is 5.41 Å². The van der Waals surface area contributed by atoms with E-state index in [0.717, 1.165) is 0 Å². The Morgan fingerprint density at radius 3 is 1.82 bits per heavy atom.